The van der Waals surface area contributed by atoms with Crippen LogP contribution in [0.3, 0.4) is 0 Å². The van der Waals surface area contributed by atoms with Crippen LogP contribution in [0, 0.1) is 5.82 Å². The molecule has 0 atom stereocenters. The van der Waals surface area contributed by atoms with Gasteiger partial charge < -0.3 is 5.32 Å². The summed E-state index contributed by atoms with van der Waals surface area (Å²) >= 11 is 0. The first-order valence-electron chi connectivity index (χ1n) is 7.77. The van der Waals surface area contributed by atoms with Gasteiger partial charge in [0.05, 0.1) is 12.0 Å². The lowest BCUT2D eigenvalue weighted by Crippen LogP contribution is -2.37. The van der Waals surface area contributed by atoms with Crippen LogP contribution in [-0.4, -0.2) is 12.5 Å². The minimum absolute atomic E-state index is 0.0103. The fourth-order valence-electron chi connectivity index (χ4n) is 2.43. The van der Waals surface area contributed by atoms with Gasteiger partial charge in [0.25, 0.3) is 0 Å². The van der Waals surface area contributed by atoms with Gasteiger partial charge in [0.1, 0.15) is 5.82 Å². The Bertz CT molecular complexity index is 753. The number of benzene rings is 2. The molecule has 0 fully saturated rings. The summed E-state index contributed by atoms with van der Waals surface area (Å²) in [6, 6.07) is 10.8. The predicted molar refractivity (Wildman–Crippen MR) is 87.6 cm³/mol. The number of halogens is 4. The molecule has 0 aliphatic heterocycles. The van der Waals surface area contributed by atoms with E-state index in [1.165, 1.54) is 24.3 Å². The molecule has 0 radical (unpaired) electrons. The van der Waals surface area contributed by atoms with Crippen LogP contribution in [0.1, 0.15) is 30.5 Å². The lowest BCUT2D eigenvalue weighted by Gasteiger charge is -2.26. The van der Waals surface area contributed by atoms with Crippen LogP contribution >= 0.6 is 0 Å². The van der Waals surface area contributed by atoms with Gasteiger partial charge in [-0.25, -0.2) is 4.39 Å². The van der Waals surface area contributed by atoms with Crippen molar-refractivity contribution in [3.8, 4) is 0 Å². The summed E-state index contributed by atoms with van der Waals surface area (Å²) in [5.74, 6) is -0.736. The molecule has 2 rings (SSSR count). The Morgan fingerprint density at radius 3 is 2.28 bits per heavy atom. The van der Waals surface area contributed by atoms with E-state index >= 15 is 0 Å². The molecule has 0 bridgehead atoms. The number of hydrogen-bond acceptors (Lipinski definition) is 1. The zero-order valence-corrected chi connectivity index (χ0v) is 14.0. The molecule has 2 aromatic rings. The fourth-order valence-corrected chi connectivity index (χ4v) is 2.43. The second-order valence-electron chi connectivity index (χ2n) is 6.55. The maximum atomic E-state index is 13.1. The lowest BCUT2D eigenvalue weighted by molar-refractivity contribution is -0.137. The Kier molecular flexibility index (Phi) is 5.50. The molecule has 1 amide bonds. The number of carbonyl (C=O) groups excluding carboxylic acids is 1. The lowest BCUT2D eigenvalue weighted by atomic mass is 9.83. The van der Waals surface area contributed by atoms with E-state index in [0.29, 0.717) is 11.1 Å². The molecule has 0 saturated carbocycles. The normalized spacial score (nSPS) is 12.1. The third-order valence-electron chi connectivity index (χ3n) is 3.95. The topological polar surface area (TPSA) is 29.1 Å². The quantitative estimate of drug-likeness (QED) is 0.789. The molecule has 0 aliphatic carbocycles. The summed E-state index contributed by atoms with van der Waals surface area (Å²) in [7, 11) is 0. The zero-order chi connectivity index (χ0) is 18.7. The molecule has 0 heterocycles. The van der Waals surface area contributed by atoms with Gasteiger partial charge in [-0.3, -0.25) is 4.79 Å². The molecule has 1 N–H and O–H groups in total. The van der Waals surface area contributed by atoms with Gasteiger partial charge in [-0.1, -0.05) is 44.2 Å². The van der Waals surface area contributed by atoms with E-state index in [-0.39, 0.29) is 18.9 Å². The van der Waals surface area contributed by atoms with E-state index in [4.69, 9.17) is 0 Å². The molecule has 134 valence electrons. The second-order valence-corrected chi connectivity index (χ2v) is 6.55. The smallest absolute Gasteiger partial charge is 0.355 e. The summed E-state index contributed by atoms with van der Waals surface area (Å²) in [6.07, 6.45) is -4.40. The van der Waals surface area contributed by atoms with Gasteiger partial charge in [-0.2, -0.15) is 13.2 Å². The van der Waals surface area contributed by atoms with Gasteiger partial charge in [-0.05, 0) is 29.3 Å². The highest BCUT2D eigenvalue weighted by Gasteiger charge is 2.32. The monoisotopic (exact) mass is 353 g/mol. The summed E-state index contributed by atoms with van der Waals surface area (Å²) in [4.78, 5) is 12.0. The van der Waals surface area contributed by atoms with Gasteiger partial charge >= 0.3 is 6.18 Å². The minimum atomic E-state index is -4.41. The van der Waals surface area contributed by atoms with Crippen molar-refractivity contribution in [3.63, 3.8) is 0 Å². The number of amides is 1. The molecule has 0 saturated heterocycles. The van der Waals surface area contributed by atoms with Crippen molar-refractivity contribution in [2.24, 2.45) is 0 Å². The van der Waals surface area contributed by atoms with Crippen LogP contribution in [0.4, 0.5) is 17.6 Å². The summed E-state index contributed by atoms with van der Waals surface area (Å²) in [5, 5.41) is 2.70. The van der Waals surface area contributed by atoms with Crippen LogP contribution < -0.4 is 5.32 Å². The summed E-state index contributed by atoms with van der Waals surface area (Å²) < 4.78 is 51.7. The zero-order valence-electron chi connectivity index (χ0n) is 14.0. The molecule has 6 heteroatoms. The van der Waals surface area contributed by atoms with E-state index in [1.807, 2.05) is 0 Å². The van der Waals surface area contributed by atoms with Crippen LogP contribution in [0.5, 0.6) is 0 Å². The van der Waals surface area contributed by atoms with Gasteiger partial charge in [0.15, 0.2) is 0 Å². The van der Waals surface area contributed by atoms with Gasteiger partial charge in [-0.15, -0.1) is 0 Å². The molecular formula is C19H19F4NO. The highest BCUT2D eigenvalue weighted by atomic mass is 19.4. The van der Waals surface area contributed by atoms with E-state index in [2.05, 4.69) is 5.32 Å². The molecule has 0 aromatic heterocycles. The van der Waals surface area contributed by atoms with Crippen molar-refractivity contribution in [1.82, 2.24) is 5.32 Å². The van der Waals surface area contributed by atoms with Crippen LogP contribution in [0.2, 0.25) is 0 Å². The van der Waals surface area contributed by atoms with E-state index in [1.54, 1.807) is 26.0 Å². The van der Waals surface area contributed by atoms with Crippen LogP contribution in [-0.2, 0) is 22.8 Å². The highest BCUT2D eigenvalue weighted by Crippen LogP contribution is 2.32. The molecule has 2 nitrogen and oxygen atoms in total. The van der Waals surface area contributed by atoms with Crippen molar-refractivity contribution in [2.45, 2.75) is 31.9 Å². The molecule has 0 unspecified atom stereocenters. The number of hydrogen-bond donors (Lipinski definition) is 1. The SMILES string of the molecule is CC(C)(CNC(=O)Cc1cccc(F)c1)c1cccc(C(F)(F)F)c1. The van der Waals surface area contributed by atoms with Gasteiger partial charge in [0.2, 0.25) is 5.91 Å². The Hall–Kier alpha value is -2.37. The van der Waals surface area contributed by atoms with Crippen molar-refractivity contribution in [3.05, 3.63) is 71.0 Å². The Morgan fingerprint density at radius 2 is 1.64 bits per heavy atom. The first kappa shape index (κ1) is 19.0. The predicted octanol–water partition coefficient (Wildman–Crippen LogP) is 4.48. The molecular weight excluding hydrogens is 334 g/mol. The minimum Gasteiger partial charge on any atom is -0.355 e. The maximum Gasteiger partial charge on any atom is 0.416 e. The van der Waals surface area contributed by atoms with Crippen molar-refractivity contribution in [2.75, 3.05) is 6.54 Å². The molecule has 0 spiro atoms. The summed E-state index contributed by atoms with van der Waals surface area (Å²) in [5.41, 5.74) is -0.384. The average molecular weight is 353 g/mol. The standard InChI is InChI=1S/C19H19F4NO/c1-18(2,14-6-4-7-15(11-14)19(21,22)23)12-24-17(25)10-13-5-3-8-16(20)9-13/h3-9,11H,10,12H2,1-2H3,(H,24,25). The van der Waals surface area contributed by atoms with E-state index in [9.17, 15) is 22.4 Å². The average Bonchev–Trinajstić information content (AvgIpc) is 2.52. The van der Waals surface area contributed by atoms with Crippen molar-refractivity contribution in [1.29, 1.82) is 0 Å². The second kappa shape index (κ2) is 7.25. The van der Waals surface area contributed by atoms with E-state index in [0.717, 1.165) is 12.1 Å². The van der Waals surface area contributed by atoms with E-state index < -0.39 is 23.0 Å². The number of rotatable bonds is 5. The molecule has 2 aromatic carbocycles. The molecule has 25 heavy (non-hydrogen) atoms. The Balaban J connectivity index is 2.02. The first-order chi connectivity index (χ1) is 11.6. The largest absolute Gasteiger partial charge is 0.416 e. The molecule has 0 aliphatic rings. The summed E-state index contributed by atoms with van der Waals surface area (Å²) in [6.45, 7) is 3.68. The van der Waals surface area contributed by atoms with Crippen molar-refractivity contribution >= 4 is 5.91 Å². The third-order valence-corrected chi connectivity index (χ3v) is 3.95. The Morgan fingerprint density at radius 1 is 1.00 bits per heavy atom. The first-order valence-corrected chi connectivity index (χ1v) is 7.77. The van der Waals surface area contributed by atoms with Crippen LogP contribution in [0.25, 0.3) is 0 Å². The third kappa shape index (κ3) is 5.31. The Labute approximate surface area is 143 Å². The maximum absolute atomic E-state index is 13.1. The van der Waals surface area contributed by atoms with Gasteiger partial charge in [0, 0.05) is 12.0 Å². The van der Waals surface area contributed by atoms with Crippen LogP contribution in [0.15, 0.2) is 48.5 Å². The fraction of sp³-hybridized carbons (Fsp3) is 0.316. The highest BCUT2D eigenvalue weighted by molar-refractivity contribution is 5.78. The number of carbonyl (C=O) groups is 1. The van der Waals surface area contributed by atoms with Crippen molar-refractivity contribution < 1.29 is 22.4 Å². The number of alkyl halides is 3. The number of nitrogens with one attached hydrogen (secondary N) is 1.